The second kappa shape index (κ2) is 5.14. The average Bonchev–Trinajstić information content (AvgIpc) is 2.02. The molecule has 0 spiro atoms. The van der Waals surface area contributed by atoms with Gasteiger partial charge in [0, 0.05) is 0 Å². The molecule has 4 nitrogen and oxygen atoms in total. The van der Waals surface area contributed by atoms with Gasteiger partial charge >= 0.3 is 5.97 Å². The fourth-order valence-electron chi connectivity index (χ4n) is 1.42. The molecule has 1 aliphatic rings. The normalized spacial score (nSPS) is 20.3. The predicted molar refractivity (Wildman–Crippen MR) is 60.1 cm³/mol. The van der Waals surface area contributed by atoms with Gasteiger partial charge in [0.15, 0.2) is 5.60 Å². The molecule has 0 saturated carbocycles. The fraction of sp³-hybridized carbons (Fsp3) is 0.900. The van der Waals surface area contributed by atoms with E-state index >= 15 is 0 Å². The minimum atomic E-state index is -1.28. The summed E-state index contributed by atoms with van der Waals surface area (Å²) in [6.07, 6.45) is 0.865. The molecular weight excluding hydrogens is 218 g/mol. The number of piperidine rings is 1. The second-order valence-corrected chi connectivity index (χ2v) is 4.78. The molecule has 1 heterocycles. The number of halogens is 1. The minimum absolute atomic E-state index is 0. The third kappa shape index (κ3) is 4.36. The Morgan fingerprint density at radius 1 is 1.33 bits per heavy atom. The van der Waals surface area contributed by atoms with Crippen molar-refractivity contribution in [1.29, 1.82) is 0 Å². The first kappa shape index (κ1) is 14.7. The number of hydrogen-bond donors (Lipinski definition) is 2. The number of aliphatic hydroxyl groups is 1. The Hall–Kier alpha value is -0.320. The first-order chi connectivity index (χ1) is 6.33. The molecule has 15 heavy (non-hydrogen) atoms. The fourth-order valence-corrected chi connectivity index (χ4v) is 1.42. The van der Waals surface area contributed by atoms with E-state index in [2.05, 4.69) is 5.32 Å². The van der Waals surface area contributed by atoms with Crippen molar-refractivity contribution in [2.75, 3.05) is 13.1 Å². The van der Waals surface area contributed by atoms with Crippen LogP contribution in [0.4, 0.5) is 0 Å². The van der Waals surface area contributed by atoms with Crippen molar-refractivity contribution in [3.63, 3.8) is 0 Å². The Bertz CT molecular complexity index is 219. The van der Waals surface area contributed by atoms with Gasteiger partial charge in [0.2, 0.25) is 0 Å². The molecule has 1 fully saturated rings. The van der Waals surface area contributed by atoms with Crippen molar-refractivity contribution in [3.8, 4) is 0 Å². The lowest BCUT2D eigenvalue weighted by atomic mass is 9.92. The number of carbonyl (C=O) groups is 1. The van der Waals surface area contributed by atoms with Crippen LogP contribution in [0.3, 0.4) is 0 Å². The molecule has 90 valence electrons. The number of ether oxygens (including phenoxy) is 1. The largest absolute Gasteiger partial charge is 0.458 e. The van der Waals surface area contributed by atoms with Crippen molar-refractivity contribution in [3.05, 3.63) is 0 Å². The highest BCUT2D eigenvalue weighted by atomic mass is 35.5. The third-order valence-electron chi connectivity index (χ3n) is 2.21. The van der Waals surface area contributed by atoms with Crippen LogP contribution in [-0.2, 0) is 9.53 Å². The average molecular weight is 238 g/mol. The van der Waals surface area contributed by atoms with Gasteiger partial charge in [-0.3, -0.25) is 0 Å². The monoisotopic (exact) mass is 237 g/mol. The number of esters is 1. The zero-order chi connectivity index (χ0) is 10.8. The van der Waals surface area contributed by atoms with Gasteiger partial charge in [-0.05, 0) is 46.7 Å². The van der Waals surface area contributed by atoms with E-state index in [1.54, 1.807) is 20.8 Å². The van der Waals surface area contributed by atoms with Crippen molar-refractivity contribution in [1.82, 2.24) is 5.32 Å². The van der Waals surface area contributed by atoms with Crippen molar-refractivity contribution < 1.29 is 14.6 Å². The van der Waals surface area contributed by atoms with Crippen LogP contribution < -0.4 is 5.32 Å². The molecule has 5 heteroatoms. The summed E-state index contributed by atoms with van der Waals surface area (Å²) in [4.78, 5) is 11.6. The zero-order valence-electron chi connectivity index (χ0n) is 9.50. The maximum absolute atomic E-state index is 11.6. The van der Waals surface area contributed by atoms with E-state index in [9.17, 15) is 9.90 Å². The molecule has 0 atom stereocenters. The van der Waals surface area contributed by atoms with Gasteiger partial charge in [-0.2, -0.15) is 0 Å². The number of carbonyl (C=O) groups excluding carboxylic acids is 1. The highest BCUT2D eigenvalue weighted by molar-refractivity contribution is 5.85. The lowest BCUT2D eigenvalue weighted by molar-refractivity contribution is -0.179. The molecular formula is C10H20ClNO3. The maximum atomic E-state index is 11.6. The number of nitrogens with one attached hydrogen (secondary N) is 1. The molecule has 0 unspecified atom stereocenters. The van der Waals surface area contributed by atoms with Crippen LogP contribution in [0.1, 0.15) is 33.6 Å². The lowest BCUT2D eigenvalue weighted by Gasteiger charge is -2.33. The molecule has 0 radical (unpaired) electrons. The summed E-state index contributed by atoms with van der Waals surface area (Å²) < 4.78 is 5.16. The minimum Gasteiger partial charge on any atom is -0.458 e. The molecule has 0 aromatic heterocycles. The van der Waals surface area contributed by atoms with E-state index in [4.69, 9.17) is 4.74 Å². The molecule has 2 N–H and O–H groups in total. The summed E-state index contributed by atoms with van der Waals surface area (Å²) in [5, 5.41) is 13.1. The summed E-state index contributed by atoms with van der Waals surface area (Å²) in [5.41, 5.74) is -1.81. The Morgan fingerprint density at radius 2 is 1.80 bits per heavy atom. The van der Waals surface area contributed by atoms with Crippen LogP contribution in [0.2, 0.25) is 0 Å². The molecule has 0 aromatic rings. The van der Waals surface area contributed by atoms with Gasteiger partial charge < -0.3 is 15.2 Å². The van der Waals surface area contributed by atoms with Crippen LogP contribution in [0.25, 0.3) is 0 Å². The Labute approximate surface area is 96.8 Å². The topological polar surface area (TPSA) is 58.6 Å². The molecule has 1 saturated heterocycles. The van der Waals surface area contributed by atoms with Crippen LogP contribution in [0.15, 0.2) is 0 Å². The molecule has 1 aliphatic heterocycles. The maximum Gasteiger partial charge on any atom is 0.338 e. The lowest BCUT2D eigenvalue weighted by Crippen LogP contribution is -2.50. The van der Waals surface area contributed by atoms with E-state index < -0.39 is 17.2 Å². The standard InChI is InChI=1S/C10H19NO3.ClH/c1-9(2,3)14-8(12)10(13)4-6-11-7-5-10;/h11,13H,4-7H2,1-3H3;1H. The van der Waals surface area contributed by atoms with Gasteiger partial charge in [0.25, 0.3) is 0 Å². The van der Waals surface area contributed by atoms with Gasteiger partial charge in [-0.1, -0.05) is 0 Å². The van der Waals surface area contributed by atoms with E-state index in [1.807, 2.05) is 0 Å². The Kier molecular flexibility index (Phi) is 5.03. The van der Waals surface area contributed by atoms with Gasteiger partial charge in [0.1, 0.15) is 5.60 Å². The van der Waals surface area contributed by atoms with E-state index in [0.29, 0.717) is 25.9 Å². The summed E-state index contributed by atoms with van der Waals surface area (Å²) >= 11 is 0. The van der Waals surface area contributed by atoms with Crippen LogP contribution in [0.5, 0.6) is 0 Å². The van der Waals surface area contributed by atoms with Crippen molar-refractivity contribution in [2.45, 2.75) is 44.8 Å². The highest BCUT2D eigenvalue weighted by Gasteiger charge is 2.40. The predicted octanol–water partition coefficient (Wildman–Crippen LogP) is 0.864. The summed E-state index contributed by atoms with van der Waals surface area (Å²) in [5.74, 6) is -0.494. The molecule has 0 aromatic carbocycles. The first-order valence-corrected chi connectivity index (χ1v) is 5.00. The summed E-state index contributed by atoms with van der Waals surface area (Å²) in [6.45, 7) is 6.73. The number of hydrogen-bond acceptors (Lipinski definition) is 4. The Balaban J connectivity index is 0.00000196. The molecule has 0 amide bonds. The van der Waals surface area contributed by atoms with E-state index in [0.717, 1.165) is 0 Å². The van der Waals surface area contributed by atoms with Gasteiger partial charge in [-0.25, -0.2) is 4.79 Å². The zero-order valence-corrected chi connectivity index (χ0v) is 10.3. The highest BCUT2D eigenvalue weighted by Crippen LogP contribution is 2.22. The summed E-state index contributed by atoms with van der Waals surface area (Å²) in [7, 11) is 0. The smallest absolute Gasteiger partial charge is 0.338 e. The SMILES string of the molecule is CC(C)(C)OC(=O)C1(O)CCNCC1.Cl. The van der Waals surface area contributed by atoms with E-state index in [1.165, 1.54) is 0 Å². The van der Waals surface area contributed by atoms with Crippen LogP contribution in [0, 0.1) is 0 Å². The molecule has 0 aliphatic carbocycles. The molecule has 0 bridgehead atoms. The second-order valence-electron chi connectivity index (χ2n) is 4.78. The van der Waals surface area contributed by atoms with Gasteiger partial charge in [-0.15, -0.1) is 12.4 Å². The van der Waals surface area contributed by atoms with E-state index in [-0.39, 0.29) is 12.4 Å². The Morgan fingerprint density at radius 3 is 2.20 bits per heavy atom. The van der Waals surface area contributed by atoms with Crippen LogP contribution >= 0.6 is 12.4 Å². The van der Waals surface area contributed by atoms with Crippen LogP contribution in [-0.4, -0.2) is 35.4 Å². The first-order valence-electron chi connectivity index (χ1n) is 5.00. The molecule has 1 rings (SSSR count). The summed E-state index contributed by atoms with van der Waals surface area (Å²) in [6, 6.07) is 0. The third-order valence-corrected chi connectivity index (χ3v) is 2.21. The quantitative estimate of drug-likeness (QED) is 0.665. The van der Waals surface area contributed by atoms with Crippen molar-refractivity contribution >= 4 is 18.4 Å². The van der Waals surface area contributed by atoms with Crippen molar-refractivity contribution in [2.24, 2.45) is 0 Å². The number of rotatable bonds is 1. The van der Waals surface area contributed by atoms with Gasteiger partial charge in [0.05, 0.1) is 0 Å².